The third-order valence-corrected chi connectivity index (χ3v) is 1.00. The van der Waals surface area contributed by atoms with Crippen LogP contribution >= 0.6 is 12.8 Å². The van der Waals surface area contributed by atoms with Gasteiger partial charge in [0.2, 0.25) is 0 Å². The fraction of sp³-hybridized carbons (Fsp3) is 0.714. The molecule has 0 aromatic carbocycles. The molecule has 0 aromatic rings. The molecule has 0 atom stereocenters. The van der Waals surface area contributed by atoms with Crippen molar-refractivity contribution in [2.24, 2.45) is 0 Å². The number of rotatable bonds is 3. The van der Waals surface area contributed by atoms with Crippen LogP contribution in [-0.4, -0.2) is 12.1 Å². The maximum Gasteiger partial charge on any atom is 0.0449 e. The first-order valence-electron chi connectivity index (χ1n) is 3.28. The van der Waals surface area contributed by atoms with E-state index in [0.29, 0.717) is 6.54 Å². The summed E-state index contributed by atoms with van der Waals surface area (Å²) in [4.78, 5) is 0. The SMILES string of the molecule is C=C(CNS)NC(C)(C)C. The first-order chi connectivity index (χ1) is 4.45. The number of nitrogens with one attached hydrogen (secondary N) is 2. The van der Waals surface area contributed by atoms with Crippen LogP contribution in [0.15, 0.2) is 12.3 Å². The summed E-state index contributed by atoms with van der Waals surface area (Å²) in [5, 5.41) is 3.21. The first kappa shape index (κ1) is 9.85. The molecule has 0 aliphatic rings. The zero-order valence-corrected chi connectivity index (χ0v) is 7.76. The topological polar surface area (TPSA) is 24.1 Å². The molecule has 0 saturated heterocycles. The van der Waals surface area contributed by atoms with Crippen LogP contribution in [0.2, 0.25) is 0 Å². The Hall–Kier alpha value is -0.150. The predicted octanol–water partition coefficient (Wildman–Crippen LogP) is 1.32. The Kier molecular flexibility index (Phi) is 3.83. The van der Waals surface area contributed by atoms with Crippen molar-refractivity contribution in [1.82, 2.24) is 10.0 Å². The van der Waals surface area contributed by atoms with Gasteiger partial charge in [0.15, 0.2) is 0 Å². The summed E-state index contributed by atoms with van der Waals surface area (Å²) >= 11 is 3.86. The van der Waals surface area contributed by atoms with Gasteiger partial charge in [-0.1, -0.05) is 19.4 Å². The van der Waals surface area contributed by atoms with E-state index in [2.05, 4.69) is 50.2 Å². The lowest BCUT2D eigenvalue weighted by atomic mass is 10.1. The first-order valence-corrected chi connectivity index (χ1v) is 3.73. The van der Waals surface area contributed by atoms with E-state index in [1.165, 1.54) is 0 Å². The molecule has 0 spiro atoms. The Morgan fingerprint density at radius 1 is 1.50 bits per heavy atom. The van der Waals surface area contributed by atoms with E-state index in [-0.39, 0.29) is 5.54 Å². The quantitative estimate of drug-likeness (QED) is 0.542. The lowest BCUT2D eigenvalue weighted by Crippen LogP contribution is -2.36. The number of hydrogen-bond acceptors (Lipinski definition) is 3. The average Bonchev–Trinajstić information content (AvgIpc) is 1.59. The van der Waals surface area contributed by atoms with Crippen molar-refractivity contribution in [1.29, 1.82) is 0 Å². The second-order valence-corrected chi connectivity index (χ2v) is 3.63. The summed E-state index contributed by atoms with van der Waals surface area (Å²) in [5.74, 6) is 0. The maximum absolute atomic E-state index is 3.86. The monoisotopic (exact) mass is 160 g/mol. The fourth-order valence-corrected chi connectivity index (χ4v) is 0.861. The molecule has 0 rings (SSSR count). The molecule has 0 unspecified atom stereocenters. The normalized spacial score (nSPS) is 11.2. The molecule has 0 aliphatic carbocycles. The van der Waals surface area contributed by atoms with Crippen LogP contribution in [0.25, 0.3) is 0 Å². The third-order valence-electron chi connectivity index (χ3n) is 0.844. The van der Waals surface area contributed by atoms with E-state index in [0.717, 1.165) is 5.70 Å². The molecular weight excluding hydrogens is 144 g/mol. The summed E-state index contributed by atoms with van der Waals surface area (Å²) in [6.45, 7) is 10.8. The van der Waals surface area contributed by atoms with E-state index in [9.17, 15) is 0 Å². The highest BCUT2D eigenvalue weighted by Gasteiger charge is 2.08. The minimum Gasteiger partial charge on any atom is -0.383 e. The van der Waals surface area contributed by atoms with Crippen molar-refractivity contribution in [3.8, 4) is 0 Å². The van der Waals surface area contributed by atoms with Crippen molar-refractivity contribution in [2.75, 3.05) is 6.54 Å². The molecule has 2 nitrogen and oxygen atoms in total. The van der Waals surface area contributed by atoms with Crippen LogP contribution in [-0.2, 0) is 0 Å². The van der Waals surface area contributed by atoms with Gasteiger partial charge in [0, 0.05) is 17.8 Å². The maximum atomic E-state index is 3.86. The highest BCUT2D eigenvalue weighted by molar-refractivity contribution is 7.78. The second kappa shape index (κ2) is 3.88. The van der Waals surface area contributed by atoms with E-state index in [1.807, 2.05) is 0 Å². The highest BCUT2D eigenvalue weighted by Crippen LogP contribution is 2.01. The largest absolute Gasteiger partial charge is 0.383 e. The predicted molar refractivity (Wildman–Crippen MR) is 49.0 cm³/mol. The van der Waals surface area contributed by atoms with Gasteiger partial charge in [0.05, 0.1) is 0 Å². The highest BCUT2D eigenvalue weighted by atomic mass is 32.1. The molecule has 0 amide bonds. The Morgan fingerprint density at radius 2 is 2.00 bits per heavy atom. The molecular formula is C7H16N2S. The Balaban J connectivity index is 3.58. The summed E-state index contributed by atoms with van der Waals surface area (Å²) in [6.07, 6.45) is 0. The minimum atomic E-state index is 0.0989. The molecule has 0 saturated carbocycles. The number of thiol groups is 1. The molecule has 0 fully saturated rings. The zero-order chi connectivity index (χ0) is 8.20. The number of hydrogen-bond donors (Lipinski definition) is 3. The fourth-order valence-electron chi connectivity index (χ4n) is 0.670. The molecule has 0 aromatic heterocycles. The molecule has 3 heteroatoms. The molecule has 0 heterocycles. The Bertz CT molecular complexity index is 115. The lowest BCUT2D eigenvalue weighted by molar-refractivity contribution is 0.469. The van der Waals surface area contributed by atoms with Gasteiger partial charge < -0.3 is 5.32 Å². The van der Waals surface area contributed by atoms with Crippen molar-refractivity contribution >= 4 is 12.8 Å². The van der Waals surface area contributed by atoms with E-state index >= 15 is 0 Å². The van der Waals surface area contributed by atoms with Gasteiger partial charge in [-0.05, 0) is 20.8 Å². The third kappa shape index (κ3) is 5.98. The van der Waals surface area contributed by atoms with Gasteiger partial charge in [0.25, 0.3) is 0 Å². The standard InChI is InChI=1S/C7H16N2S/c1-6(5-8-10)9-7(2,3)4/h8-10H,1,5H2,2-4H3. The smallest absolute Gasteiger partial charge is 0.0449 e. The molecule has 60 valence electrons. The average molecular weight is 160 g/mol. The van der Waals surface area contributed by atoms with Crippen LogP contribution < -0.4 is 10.0 Å². The Morgan fingerprint density at radius 3 is 2.30 bits per heavy atom. The zero-order valence-electron chi connectivity index (χ0n) is 6.86. The van der Waals surface area contributed by atoms with Gasteiger partial charge >= 0.3 is 0 Å². The molecule has 2 N–H and O–H groups in total. The molecule has 10 heavy (non-hydrogen) atoms. The lowest BCUT2D eigenvalue weighted by Gasteiger charge is -2.23. The van der Waals surface area contributed by atoms with Gasteiger partial charge in [-0.25, -0.2) is 0 Å². The van der Waals surface area contributed by atoms with Gasteiger partial charge in [-0.15, -0.1) is 0 Å². The summed E-state index contributed by atoms with van der Waals surface area (Å²) in [5.41, 5.74) is 1.06. The van der Waals surface area contributed by atoms with Gasteiger partial charge in [-0.2, -0.15) is 0 Å². The molecule has 0 bridgehead atoms. The van der Waals surface area contributed by atoms with Crippen molar-refractivity contribution in [2.45, 2.75) is 26.3 Å². The van der Waals surface area contributed by atoms with E-state index in [4.69, 9.17) is 0 Å². The Labute approximate surface area is 68.6 Å². The summed E-state index contributed by atoms with van der Waals surface area (Å²) in [7, 11) is 0. The van der Waals surface area contributed by atoms with Crippen LogP contribution in [0, 0.1) is 0 Å². The van der Waals surface area contributed by atoms with E-state index in [1.54, 1.807) is 0 Å². The second-order valence-electron chi connectivity index (χ2n) is 3.31. The van der Waals surface area contributed by atoms with Crippen LogP contribution in [0.4, 0.5) is 0 Å². The van der Waals surface area contributed by atoms with Crippen molar-refractivity contribution < 1.29 is 0 Å². The van der Waals surface area contributed by atoms with Crippen molar-refractivity contribution in [3.05, 3.63) is 12.3 Å². The van der Waals surface area contributed by atoms with Crippen LogP contribution in [0.5, 0.6) is 0 Å². The molecule has 0 aliphatic heterocycles. The minimum absolute atomic E-state index is 0.0989. The van der Waals surface area contributed by atoms with Crippen LogP contribution in [0.3, 0.4) is 0 Å². The van der Waals surface area contributed by atoms with Crippen LogP contribution in [0.1, 0.15) is 20.8 Å². The van der Waals surface area contributed by atoms with Gasteiger partial charge in [-0.3, -0.25) is 4.72 Å². The van der Waals surface area contributed by atoms with Gasteiger partial charge in [0.1, 0.15) is 0 Å². The summed E-state index contributed by atoms with van der Waals surface area (Å²) < 4.78 is 2.72. The molecule has 0 radical (unpaired) electrons. The summed E-state index contributed by atoms with van der Waals surface area (Å²) in [6, 6.07) is 0. The van der Waals surface area contributed by atoms with E-state index < -0.39 is 0 Å². The van der Waals surface area contributed by atoms with Crippen molar-refractivity contribution in [3.63, 3.8) is 0 Å².